The first kappa shape index (κ1) is 18.6. The fraction of sp³-hybridized carbons (Fsp3) is 0.529. The molecule has 0 spiro atoms. The number of benzene rings is 1. The molecule has 0 aromatic heterocycles. The molecule has 122 valence electrons. The summed E-state index contributed by atoms with van der Waals surface area (Å²) >= 11 is 1.63. The summed E-state index contributed by atoms with van der Waals surface area (Å²) in [6.07, 6.45) is 0. The predicted molar refractivity (Wildman–Crippen MR) is 94.5 cm³/mol. The van der Waals surface area contributed by atoms with Gasteiger partial charge in [-0.3, -0.25) is 9.59 Å². The Balaban J connectivity index is 2.54. The van der Waals surface area contributed by atoms with Crippen LogP contribution in [0.1, 0.15) is 38.1 Å². The van der Waals surface area contributed by atoms with Crippen LogP contribution in [0.5, 0.6) is 0 Å². The first-order chi connectivity index (χ1) is 10.5. The lowest BCUT2D eigenvalue weighted by Crippen LogP contribution is -2.30. The average molecular weight is 322 g/mol. The molecule has 1 aromatic carbocycles. The number of nitrogens with zero attached hydrogens (tertiary/aromatic N) is 1. The molecule has 0 bridgehead atoms. The second kappa shape index (κ2) is 9.51. The molecule has 0 unspecified atom stereocenters. The summed E-state index contributed by atoms with van der Waals surface area (Å²) in [4.78, 5) is 25.8. The summed E-state index contributed by atoms with van der Waals surface area (Å²) in [6.45, 7) is 9.59. The van der Waals surface area contributed by atoms with Gasteiger partial charge in [-0.1, -0.05) is 13.8 Å². The summed E-state index contributed by atoms with van der Waals surface area (Å²) in [5.74, 6) is 2.04. The molecule has 5 heteroatoms. The van der Waals surface area contributed by atoms with Gasteiger partial charge in [0.05, 0.1) is 5.75 Å². The van der Waals surface area contributed by atoms with Gasteiger partial charge in [-0.25, -0.2) is 0 Å². The number of rotatable bonds is 8. The highest BCUT2D eigenvalue weighted by Gasteiger charge is 2.12. The summed E-state index contributed by atoms with van der Waals surface area (Å²) < 4.78 is 0. The second-order valence-electron chi connectivity index (χ2n) is 5.51. The van der Waals surface area contributed by atoms with Gasteiger partial charge < -0.3 is 10.2 Å². The van der Waals surface area contributed by atoms with Crippen LogP contribution >= 0.6 is 11.8 Å². The van der Waals surface area contributed by atoms with Gasteiger partial charge in [-0.05, 0) is 49.8 Å². The van der Waals surface area contributed by atoms with Crippen LogP contribution < -0.4 is 5.32 Å². The molecule has 0 saturated carbocycles. The first-order valence-electron chi connectivity index (χ1n) is 7.74. The second-order valence-corrected chi connectivity index (χ2v) is 6.54. The number of thioether (sulfide) groups is 1. The van der Waals surface area contributed by atoms with Crippen LogP contribution in [0.3, 0.4) is 0 Å². The van der Waals surface area contributed by atoms with E-state index < -0.39 is 0 Å². The van der Waals surface area contributed by atoms with Crippen molar-refractivity contribution >= 4 is 29.3 Å². The number of anilines is 1. The fourth-order valence-corrected chi connectivity index (χ4v) is 2.82. The van der Waals surface area contributed by atoms with Crippen molar-refractivity contribution in [3.8, 4) is 0 Å². The predicted octanol–water partition coefficient (Wildman–Crippen LogP) is 3.50. The lowest BCUT2D eigenvalue weighted by molar-refractivity contribution is -0.113. The normalized spacial score (nSPS) is 10.6. The molecule has 0 fully saturated rings. The number of carbonyl (C=O) groups excluding carboxylic acids is 2. The molecule has 1 N–H and O–H groups in total. The van der Waals surface area contributed by atoms with Crippen molar-refractivity contribution in [3.63, 3.8) is 0 Å². The third-order valence-corrected chi connectivity index (χ3v) is 4.52. The Morgan fingerprint density at radius 3 is 2.23 bits per heavy atom. The smallest absolute Gasteiger partial charge is 0.253 e. The van der Waals surface area contributed by atoms with E-state index in [4.69, 9.17) is 0 Å². The molecule has 4 nitrogen and oxygen atoms in total. The van der Waals surface area contributed by atoms with Gasteiger partial charge in [0, 0.05) is 24.3 Å². The molecule has 0 saturated heterocycles. The fourth-order valence-electron chi connectivity index (χ4n) is 1.97. The Morgan fingerprint density at radius 2 is 1.73 bits per heavy atom. The van der Waals surface area contributed by atoms with Crippen LogP contribution in [-0.2, 0) is 4.79 Å². The maximum atomic E-state index is 12.2. The van der Waals surface area contributed by atoms with Crippen LogP contribution in [-0.4, -0.2) is 41.3 Å². The zero-order valence-electron chi connectivity index (χ0n) is 13.9. The van der Waals surface area contributed by atoms with Gasteiger partial charge in [0.15, 0.2) is 0 Å². The molecule has 0 aliphatic heterocycles. The summed E-state index contributed by atoms with van der Waals surface area (Å²) in [7, 11) is 0. The summed E-state index contributed by atoms with van der Waals surface area (Å²) in [5, 5.41) is 2.85. The van der Waals surface area contributed by atoms with Crippen molar-refractivity contribution in [1.82, 2.24) is 4.90 Å². The minimum Gasteiger partial charge on any atom is -0.339 e. The number of hydrogen-bond donors (Lipinski definition) is 1. The van der Waals surface area contributed by atoms with Gasteiger partial charge in [0.25, 0.3) is 5.91 Å². The lowest BCUT2D eigenvalue weighted by Gasteiger charge is -2.18. The SMILES string of the molecule is CCN(CC)C(=O)c1ccc(NC(=O)CSCC(C)C)cc1. The minimum absolute atomic E-state index is 0.00605. The maximum absolute atomic E-state index is 12.2. The number of carbonyl (C=O) groups is 2. The Bertz CT molecular complexity index is 482. The molecule has 0 heterocycles. The standard InChI is InChI=1S/C17H26N2O2S/c1-5-19(6-2)17(21)14-7-9-15(10-8-14)18-16(20)12-22-11-13(3)4/h7-10,13H,5-6,11-12H2,1-4H3,(H,18,20). The largest absolute Gasteiger partial charge is 0.339 e. The van der Waals surface area contributed by atoms with E-state index in [0.29, 0.717) is 30.3 Å². The van der Waals surface area contributed by atoms with Gasteiger partial charge in [0.1, 0.15) is 0 Å². The number of nitrogens with one attached hydrogen (secondary N) is 1. The van der Waals surface area contributed by atoms with Crippen LogP contribution in [0.15, 0.2) is 24.3 Å². The third kappa shape index (κ3) is 6.10. The van der Waals surface area contributed by atoms with Crippen LogP contribution in [0.25, 0.3) is 0 Å². The highest BCUT2D eigenvalue weighted by Crippen LogP contribution is 2.13. The topological polar surface area (TPSA) is 49.4 Å². The van der Waals surface area contributed by atoms with Crippen molar-refractivity contribution in [3.05, 3.63) is 29.8 Å². The number of hydrogen-bond acceptors (Lipinski definition) is 3. The van der Waals surface area contributed by atoms with Crippen LogP contribution in [0.4, 0.5) is 5.69 Å². The third-order valence-electron chi connectivity index (χ3n) is 3.15. The highest BCUT2D eigenvalue weighted by atomic mass is 32.2. The molecule has 0 atom stereocenters. The minimum atomic E-state index is -0.00605. The zero-order chi connectivity index (χ0) is 16.5. The van der Waals surface area contributed by atoms with E-state index in [1.165, 1.54) is 0 Å². The van der Waals surface area contributed by atoms with E-state index >= 15 is 0 Å². The molecule has 1 rings (SSSR count). The van der Waals surface area contributed by atoms with Gasteiger partial charge >= 0.3 is 0 Å². The zero-order valence-corrected chi connectivity index (χ0v) is 14.7. The van der Waals surface area contributed by atoms with E-state index in [-0.39, 0.29) is 11.8 Å². The quantitative estimate of drug-likeness (QED) is 0.797. The molecular formula is C17H26N2O2S. The molecule has 22 heavy (non-hydrogen) atoms. The van der Waals surface area contributed by atoms with Crippen molar-refractivity contribution in [1.29, 1.82) is 0 Å². The maximum Gasteiger partial charge on any atom is 0.253 e. The van der Waals surface area contributed by atoms with Crippen LogP contribution in [0.2, 0.25) is 0 Å². The van der Waals surface area contributed by atoms with Crippen LogP contribution in [0, 0.1) is 5.92 Å². The molecule has 1 aromatic rings. The molecule has 2 amide bonds. The number of amides is 2. The Labute approximate surface area is 137 Å². The Kier molecular flexibility index (Phi) is 8.02. The van der Waals surface area contributed by atoms with E-state index in [0.717, 1.165) is 11.4 Å². The lowest BCUT2D eigenvalue weighted by atomic mass is 10.2. The van der Waals surface area contributed by atoms with Gasteiger partial charge in [-0.15, -0.1) is 0 Å². The van der Waals surface area contributed by atoms with Crippen molar-refractivity contribution in [2.45, 2.75) is 27.7 Å². The average Bonchev–Trinajstić information content (AvgIpc) is 2.48. The van der Waals surface area contributed by atoms with Gasteiger partial charge in [0.2, 0.25) is 5.91 Å². The first-order valence-corrected chi connectivity index (χ1v) is 8.90. The summed E-state index contributed by atoms with van der Waals surface area (Å²) in [5.41, 5.74) is 1.38. The Morgan fingerprint density at radius 1 is 1.14 bits per heavy atom. The molecule has 0 aliphatic rings. The Hall–Kier alpha value is -1.49. The molecule has 0 radical (unpaired) electrons. The molecular weight excluding hydrogens is 296 g/mol. The monoisotopic (exact) mass is 322 g/mol. The van der Waals surface area contributed by atoms with Crippen molar-refractivity contribution in [2.24, 2.45) is 5.92 Å². The van der Waals surface area contributed by atoms with Crippen molar-refractivity contribution in [2.75, 3.05) is 29.9 Å². The van der Waals surface area contributed by atoms with E-state index in [1.54, 1.807) is 40.9 Å². The summed E-state index contributed by atoms with van der Waals surface area (Å²) in [6, 6.07) is 7.08. The molecule has 0 aliphatic carbocycles. The van der Waals surface area contributed by atoms with E-state index in [1.807, 2.05) is 13.8 Å². The van der Waals surface area contributed by atoms with E-state index in [9.17, 15) is 9.59 Å². The van der Waals surface area contributed by atoms with Crippen molar-refractivity contribution < 1.29 is 9.59 Å². The highest BCUT2D eigenvalue weighted by molar-refractivity contribution is 7.99. The van der Waals surface area contributed by atoms with E-state index in [2.05, 4.69) is 19.2 Å². The van der Waals surface area contributed by atoms with Gasteiger partial charge in [-0.2, -0.15) is 11.8 Å².